The molecule has 1 aliphatic heterocycles. The number of rotatable bonds is 10. The Morgan fingerprint density at radius 1 is 0.872 bits per heavy atom. The van der Waals surface area contributed by atoms with Gasteiger partial charge in [0.15, 0.2) is 11.5 Å². The van der Waals surface area contributed by atoms with Gasteiger partial charge in [0.25, 0.3) is 0 Å². The maximum absolute atomic E-state index is 13.9. The van der Waals surface area contributed by atoms with Crippen molar-refractivity contribution >= 4 is 35.0 Å². The van der Waals surface area contributed by atoms with Gasteiger partial charge in [0.05, 0.1) is 10.0 Å². The predicted molar refractivity (Wildman–Crippen MR) is 152 cm³/mol. The van der Waals surface area contributed by atoms with Crippen LogP contribution >= 0.6 is 23.2 Å². The molecule has 2 amide bonds. The maximum atomic E-state index is 13.9. The van der Waals surface area contributed by atoms with Crippen LogP contribution < -0.4 is 14.8 Å². The second-order valence-corrected chi connectivity index (χ2v) is 11.0. The number of hydrogen-bond acceptors (Lipinski definition) is 4. The number of ether oxygens (including phenoxy) is 2. The number of nitrogens with zero attached hydrogens (tertiary/aromatic N) is 1. The van der Waals surface area contributed by atoms with Gasteiger partial charge in [0.1, 0.15) is 6.04 Å². The minimum absolute atomic E-state index is 0.110. The summed E-state index contributed by atoms with van der Waals surface area (Å²) in [5, 5.41) is 4.09. The van der Waals surface area contributed by atoms with E-state index < -0.39 is 6.04 Å². The molecule has 8 heteroatoms. The Labute approximate surface area is 239 Å². The quantitative estimate of drug-likeness (QED) is 0.310. The monoisotopic (exact) mass is 566 g/mol. The van der Waals surface area contributed by atoms with Crippen molar-refractivity contribution in [3.63, 3.8) is 0 Å². The number of hydrogen-bond donors (Lipinski definition) is 1. The maximum Gasteiger partial charge on any atom is 0.243 e. The SMILES string of the molecule is O=C(NC1CCCC1)[C@H](Cc1ccccc1)N(Cc1ccc(Cl)c(Cl)c1)C(=O)CCc1ccc2c(c1)OCO2. The largest absolute Gasteiger partial charge is 0.454 e. The van der Waals surface area contributed by atoms with E-state index in [9.17, 15) is 9.59 Å². The molecule has 1 N–H and O–H groups in total. The molecular formula is C31H32Cl2N2O4. The average molecular weight is 568 g/mol. The fourth-order valence-corrected chi connectivity index (χ4v) is 5.57. The zero-order valence-electron chi connectivity index (χ0n) is 21.7. The molecule has 0 radical (unpaired) electrons. The van der Waals surface area contributed by atoms with Crippen LogP contribution in [0.3, 0.4) is 0 Å². The molecule has 0 spiro atoms. The van der Waals surface area contributed by atoms with Crippen LogP contribution in [-0.4, -0.2) is 35.6 Å². The lowest BCUT2D eigenvalue weighted by Crippen LogP contribution is -2.52. The lowest BCUT2D eigenvalue weighted by molar-refractivity contribution is -0.141. The van der Waals surface area contributed by atoms with Crippen LogP contribution in [0.25, 0.3) is 0 Å². The highest BCUT2D eigenvalue weighted by molar-refractivity contribution is 6.42. The number of carbonyl (C=O) groups excluding carboxylic acids is 2. The number of amides is 2. The summed E-state index contributed by atoms with van der Waals surface area (Å²) in [5.74, 6) is 1.16. The molecule has 6 nitrogen and oxygen atoms in total. The van der Waals surface area contributed by atoms with Crippen molar-refractivity contribution in [2.45, 2.75) is 63.6 Å². The fourth-order valence-electron chi connectivity index (χ4n) is 5.25. The normalized spacial score (nSPS) is 15.2. The second kappa shape index (κ2) is 12.8. The smallest absolute Gasteiger partial charge is 0.243 e. The zero-order chi connectivity index (χ0) is 27.2. The molecule has 3 aromatic carbocycles. The summed E-state index contributed by atoms with van der Waals surface area (Å²) in [6, 6.07) is 20.3. The Hall–Kier alpha value is -3.22. The molecule has 2 aliphatic rings. The predicted octanol–water partition coefficient (Wildman–Crippen LogP) is 6.35. The van der Waals surface area contributed by atoms with Gasteiger partial charge in [-0.1, -0.05) is 78.5 Å². The summed E-state index contributed by atoms with van der Waals surface area (Å²) < 4.78 is 10.9. The molecule has 1 saturated carbocycles. The molecule has 39 heavy (non-hydrogen) atoms. The van der Waals surface area contributed by atoms with E-state index in [0.29, 0.717) is 34.4 Å². The third-order valence-electron chi connectivity index (χ3n) is 7.37. The first-order valence-corrected chi connectivity index (χ1v) is 14.2. The summed E-state index contributed by atoms with van der Waals surface area (Å²) in [4.78, 5) is 29.4. The van der Waals surface area contributed by atoms with Gasteiger partial charge in [0.2, 0.25) is 18.6 Å². The van der Waals surface area contributed by atoms with E-state index in [1.807, 2.05) is 54.6 Å². The Bertz CT molecular complexity index is 1310. The zero-order valence-corrected chi connectivity index (χ0v) is 23.2. The van der Waals surface area contributed by atoms with Crippen LogP contribution in [0.1, 0.15) is 48.8 Å². The molecular weight excluding hydrogens is 535 g/mol. The van der Waals surface area contributed by atoms with Crippen LogP contribution in [0.4, 0.5) is 0 Å². The number of aryl methyl sites for hydroxylation is 1. The van der Waals surface area contributed by atoms with Crippen LogP contribution in [0.2, 0.25) is 10.0 Å². The lowest BCUT2D eigenvalue weighted by Gasteiger charge is -2.32. The Balaban J connectivity index is 1.41. The number of fused-ring (bicyclic) bond motifs is 1. The van der Waals surface area contributed by atoms with Crippen molar-refractivity contribution in [3.05, 3.63) is 93.5 Å². The van der Waals surface area contributed by atoms with Crippen molar-refractivity contribution in [1.29, 1.82) is 0 Å². The van der Waals surface area contributed by atoms with Crippen LogP contribution in [0, 0.1) is 0 Å². The Morgan fingerprint density at radius 2 is 1.62 bits per heavy atom. The third kappa shape index (κ3) is 7.06. The molecule has 5 rings (SSSR count). The molecule has 1 fully saturated rings. The number of nitrogens with one attached hydrogen (secondary N) is 1. The van der Waals surface area contributed by atoms with E-state index >= 15 is 0 Å². The van der Waals surface area contributed by atoms with Gasteiger partial charge in [-0.3, -0.25) is 9.59 Å². The van der Waals surface area contributed by atoms with Crippen molar-refractivity contribution in [2.75, 3.05) is 6.79 Å². The van der Waals surface area contributed by atoms with Crippen molar-refractivity contribution in [1.82, 2.24) is 10.2 Å². The van der Waals surface area contributed by atoms with Gasteiger partial charge in [-0.25, -0.2) is 0 Å². The molecule has 0 aromatic heterocycles. The van der Waals surface area contributed by atoms with E-state index in [-0.39, 0.29) is 37.6 Å². The number of carbonyl (C=O) groups is 2. The highest BCUT2D eigenvalue weighted by Gasteiger charge is 2.32. The summed E-state index contributed by atoms with van der Waals surface area (Å²) >= 11 is 12.5. The van der Waals surface area contributed by atoms with E-state index in [2.05, 4.69) is 5.32 Å². The van der Waals surface area contributed by atoms with E-state index in [0.717, 1.165) is 42.4 Å². The van der Waals surface area contributed by atoms with Gasteiger partial charge >= 0.3 is 0 Å². The molecule has 1 atom stereocenters. The fraction of sp³-hybridized carbons (Fsp3) is 0.355. The first-order chi connectivity index (χ1) is 19.0. The summed E-state index contributed by atoms with van der Waals surface area (Å²) in [6.45, 7) is 0.443. The van der Waals surface area contributed by atoms with Crippen molar-refractivity contribution < 1.29 is 19.1 Å². The van der Waals surface area contributed by atoms with Gasteiger partial charge in [0, 0.05) is 25.4 Å². The van der Waals surface area contributed by atoms with E-state index in [1.165, 1.54) is 0 Å². The highest BCUT2D eigenvalue weighted by Crippen LogP contribution is 2.33. The van der Waals surface area contributed by atoms with Gasteiger partial charge in [-0.05, 0) is 60.2 Å². The van der Waals surface area contributed by atoms with Crippen LogP contribution in [0.15, 0.2) is 66.7 Å². The minimum atomic E-state index is -0.674. The number of halogens is 2. The van der Waals surface area contributed by atoms with Crippen LogP contribution in [0.5, 0.6) is 11.5 Å². The Morgan fingerprint density at radius 3 is 2.38 bits per heavy atom. The Kier molecular flexibility index (Phi) is 8.95. The first-order valence-electron chi connectivity index (χ1n) is 13.4. The molecule has 0 bridgehead atoms. The molecule has 0 saturated heterocycles. The van der Waals surface area contributed by atoms with Crippen molar-refractivity contribution in [3.8, 4) is 11.5 Å². The summed E-state index contributed by atoms with van der Waals surface area (Å²) in [6.07, 6.45) is 5.31. The topological polar surface area (TPSA) is 67.9 Å². The first kappa shape index (κ1) is 27.4. The summed E-state index contributed by atoms with van der Waals surface area (Å²) in [7, 11) is 0. The van der Waals surface area contributed by atoms with Gasteiger partial charge in [-0.15, -0.1) is 0 Å². The third-order valence-corrected chi connectivity index (χ3v) is 8.11. The molecule has 204 valence electrons. The minimum Gasteiger partial charge on any atom is -0.454 e. The highest BCUT2D eigenvalue weighted by atomic mass is 35.5. The summed E-state index contributed by atoms with van der Waals surface area (Å²) in [5.41, 5.74) is 2.77. The average Bonchev–Trinajstić information content (AvgIpc) is 3.63. The van der Waals surface area contributed by atoms with Crippen LogP contribution in [-0.2, 0) is 29.0 Å². The van der Waals surface area contributed by atoms with E-state index in [1.54, 1.807) is 17.0 Å². The van der Waals surface area contributed by atoms with Gasteiger partial charge < -0.3 is 19.7 Å². The molecule has 0 unspecified atom stereocenters. The lowest BCUT2D eigenvalue weighted by atomic mass is 10.0. The molecule has 3 aromatic rings. The van der Waals surface area contributed by atoms with Gasteiger partial charge in [-0.2, -0.15) is 0 Å². The molecule has 1 heterocycles. The standard InChI is InChI=1S/C31H32Cl2N2O4/c32-25-13-10-23(16-26(25)33)19-35(30(36)15-12-22-11-14-28-29(18-22)39-20-38-28)27(17-21-6-2-1-3-7-21)31(37)34-24-8-4-5-9-24/h1-3,6-7,10-11,13-14,16,18,24,27H,4-5,8-9,12,15,17,19-20H2,(H,34,37)/t27-/m0/s1. The molecule has 1 aliphatic carbocycles. The van der Waals surface area contributed by atoms with Crippen molar-refractivity contribution in [2.24, 2.45) is 0 Å². The van der Waals surface area contributed by atoms with E-state index in [4.69, 9.17) is 32.7 Å². The number of benzene rings is 3. The second-order valence-electron chi connectivity index (χ2n) is 10.2.